The number of imide groups is 1. The molecule has 1 saturated heterocycles. The van der Waals surface area contributed by atoms with Gasteiger partial charge in [0.1, 0.15) is 17.5 Å². The first-order valence-corrected chi connectivity index (χ1v) is 10.7. The lowest BCUT2D eigenvalue weighted by Crippen LogP contribution is -2.52. The van der Waals surface area contributed by atoms with Crippen LogP contribution in [0.3, 0.4) is 0 Å². The maximum atomic E-state index is 12.9. The zero-order valence-electron chi connectivity index (χ0n) is 17.9. The van der Waals surface area contributed by atoms with E-state index in [2.05, 4.69) is 10.3 Å². The molecule has 1 fully saturated rings. The van der Waals surface area contributed by atoms with Gasteiger partial charge in [-0.1, -0.05) is 6.07 Å². The number of hydrogen-bond donors (Lipinski definition) is 1. The number of carbonyl (C=O) groups is 3. The summed E-state index contributed by atoms with van der Waals surface area (Å²) in [5.41, 5.74) is 4.98. The second kappa shape index (κ2) is 7.13. The van der Waals surface area contributed by atoms with Gasteiger partial charge in [0, 0.05) is 61.5 Å². The minimum Gasteiger partial charge on any atom is -0.333 e. The van der Waals surface area contributed by atoms with Crippen molar-refractivity contribution < 1.29 is 14.4 Å². The van der Waals surface area contributed by atoms with Crippen LogP contribution in [-0.4, -0.2) is 47.6 Å². The molecule has 1 N–H and O–H groups in total. The first kappa shape index (κ1) is 19.4. The summed E-state index contributed by atoms with van der Waals surface area (Å²) < 4.78 is 3.93. The van der Waals surface area contributed by atoms with Crippen LogP contribution in [0.5, 0.6) is 0 Å². The predicted molar refractivity (Wildman–Crippen MR) is 119 cm³/mol. The molecule has 9 heteroatoms. The molecule has 9 nitrogen and oxygen atoms in total. The Morgan fingerprint density at radius 3 is 2.76 bits per heavy atom. The fourth-order valence-electron chi connectivity index (χ4n) is 4.66. The Morgan fingerprint density at radius 2 is 1.91 bits per heavy atom. The van der Waals surface area contributed by atoms with Gasteiger partial charge in [-0.15, -0.1) is 0 Å². The van der Waals surface area contributed by atoms with Gasteiger partial charge < -0.3 is 13.9 Å². The molecule has 3 aromatic heterocycles. The van der Waals surface area contributed by atoms with Crippen LogP contribution in [0.15, 0.2) is 55.1 Å². The van der Waals surface area contributed by atoms with E-state index < -0.39 is 11.9 Å². The number of imidazole rings is 2. The molecule has 2 aliphatic heterocycles. The lowest BCUT2D eigenvalue weighted by atomic mass is 10.0. The Labute approximate surface area is 188 Å². The topological polar surface area (TPSA) is 102 Å². The average molecular weight is 440 g/mol. The largest absolute Gasteiger partial charge is 0.333 e. The highest BCUT2D eigenvalue weighted by Crippen LogP contribution is 2.32. The fourth-order valence-corrected chi connectivity index (χ4v) is 4.66. The average Bonchev–Trinajstić information content (AvgIpc) is 3.50. The number of pyridine rings is 1. The molecule has 0 bridgehead atoms. The summed E-state index contributed by atoms with van der Waals surface area (Å²) in [5.74, 6) is -0.0542. The molecular formula is C24H20N6O3. The fraction of sp³-hybridized carbons (Fsp3) is 0.208. The van der Waals surface area contributed by atoms with Crippen LogP contribution in [0, 0.1) is 0 Å². The quantitative estimate of drug-likeness (QED) is 0.492. The first-order valence-electron chi connectivity index (χ1n) is 10.7. The van der Waals surface area contributed by atoms with E-state index in [1.807, 2.05) is 58.9 Å². The van der Waals surface area contributed by atoms with Crippen molar-refractivity contribution in [2.75, 3.05) is 0 Å². The van der Waals surface area contributed by atoms with E-state index in [0.717, 1.165) is 33.9 Å². The number of carbonyl (C=O) groups excluding carboxylic acids is 3. The van der Waals surface area contributed by atoms with Crippen LogP contribution in [0.25, 0.3) is 28.3 Å². The second-order valence-corrected chi connectivity index (χ2v) is 8.44. The summed E-state index contributed by atoms with van der Waals surface area (Å²) in [6, 6.07) is 8.97. The van der Waals surface area contributed by atoms with Crippen molar-refractivity contribution in [2.45, 2.75) is 25.4 Å². The molecule has 4 aromatic rings. The number of amides is 3. The summed E-state index contributed by atoms with van der Waals surface area (Å²) in [6.45, 7) is 0.339. The molecule has 164 valence electrons. The van der Waals surface area contributed by atoms with Gasteiger partial charge in [-0.3, -0.25) is 19.7 Å². The summed E-state index contributed by atoms with van der Waals surface area (Å²) in [4.78, 5) is 47.4. The number of nitrogens with one attached hydrogen (secondary N) is 1. The molecule has 6 rings (SSSR count). The van der Waals surface area contributed by atoms with E-state index in [-0.39, 0.29) is 18.2 Å². The zero-order valence-corrected chi connectivity index (χ0v) is 17.9. The Kier molecular flexibility index (Phi) is 4.19. The molecule has 0 saturated carbocycles. The summed E-state index contributed by atoms with van der Waals surface area (Å²) in [5, 5.41) is 2.33. The standard InChI is InChI=1S/C24H20N6O3/c1-28-13-18(26-22(28)15-3-6-20-25-8-9-29(20)11-15)14-2-4-17-16(10-14)12-30(24(17)33)19-5-7-21(31)27-23(19)32/h2-4,6,8-11,13,19H,5,7,12H2,1H3,(H,27,31,32). The second-order valence-electron chi connectivity index (χ2n) is 8.44. The van der Waals surface area contributed by atoms with Crippen LogP contribution >= 0.6 is 0 Å². The third-order valence-electron chi connectivity index (χ3n) is 6.34. The third-order valence-corrected chi connectivity index (χ3v) is 6.34. The van der Waals surface area contributed by atoms with Crippen molar-refractivity contribution in [1.82, 2.24) is 29.2 Å². The molecule has 33 heavy (non-hydrogen) atoms. The van der Waals surface area contributed by atoms with Crippen molar-refractivity contribution in [3.8, 4) is 22.6 Å². The van der Waals surface area contributed by atoms with E-state index in [4.69, 9.17) is 4.98 Å². The van der Waals surface area contributed by atoms with Crippen molar-refractivity contribution >= 4 is 23.4 Å². The zero-order chi connectivity index (χ0) is 22.7. The van der Waals surface area contributed by atoms with Crippen LogP contribution in [0.2, 0.25) is 0 Å². The van der Waals surface area contributed by atoms with Crippen LogP contribution < -0.4 is 5.32 Å². The smallest absolute Gasteiger partial charge is 0.255 e. The molecule has 1 atom stereocenters. The number of aromatic nitrogens is 4. The number of rotatable bonds is 3. The molecule has 5 heterocycles. The van der Waals surface area contributed by atoms with Crippen LogP contribution in [0.4, 0.5) is 0 Å². The lowest BCUT2D eigenvalue weighted by Gasteiger charge is -2.29. The van der Waals surface area contributed by atoms with Crippen LogP contribution in [0.1, 0.15) is 28.8 Å². The van der Waals surface area contributed by atoms with E-state index in [1.54, 1.807) is 17.2 Å². The molecule has 0 spiro atoms. The Balaban J connectivity index is 1.30. The molecule has 1 unspecified atom stereocenters. The molecular weight excluding hydrogens is 420 g/mol. The highest BCUT2D eigenvalue weighted by molar-refractivity contribution is 6.05. The van der Waals surface area contributed by atoms with E-state index in [1.165, 1.54) is 0 Å². The van der Waals surface area contributed by atoms with Gasteiger partial charge in [-0.05, 0) is 36.2 Å². The van der Waals surface area contributed by atoms with Crippen LogP contribution in [-0.2, 0) is 23.2 Å². The first-order chi connectivity index (χ1) is 16.0. The lowest BCUT2D eigenvalue weighted by molar-refractivity contribution is -0.136. The summed E-state index contributed by atoms with van der Waals surface area (Å²) in [7, 11) is 1.95. The maximum Gasteiger partial charge on any atom is 0.255 e. The van der Waals surface area contributed by atoms with E-state index >= 15 is 0 Å². The number of fused-ring (bicyclic) bond motifs is 2. The van der Waals surface area contributed by atoms with E-state index in [0.29, 0.717) is 18.5 Å². The van der Waals surface area contributed by atoms with E-state index in [9.17, 15) is 14.4 Å². The minimum atomic E-state index is -0.620. The van der Waals surface area contributed by atoms with Crippen molar-refractivity contribution in [3.63, 3.8) is 0 Å². The molecule has 0 radical (unpaired) electrons. The predicted octanol–water partition coefficient (Wildman–Crippen LogP) is 2.16. The Bertz CT molecular complexity index is 1470. The van der Waals surface area contributed by atoms with Crippen molar-refractivity contribution in [2.24, 2.45) is 7.05 Å². The number of benzene rings is 1. The van der Waals surface area contributed by atoms with Gasteiger partial charge >= 0.3 is 0 Å². The van der Waals surface area contributed by atoms with Gasteiger partial charge in [0.2, 0.25) is 11.8 Å². The molecule has 3 amide bonds. The Hall–Kier alpha value is -4.27. The van der Waals surface area contributed by atoms with Gasteiger partial charge in [0.15, 0.2) is 0 Å². The number of hydrogen-bond acceptors (Lipinski definition) is 5. The van der Waals surface area contributed by atoms with Gasteiger partial charge in [-0.25, -0.2) is 9.97 Å². The number of piperidine rings is 1. The number of aryl methyl sites for hydroxylation is 1. The molecule has 0 aliphatic carbocycles. The summed E-state index contributed by atoms with van der Waals surface area (Å²) in [6.07, 6.45) is 8.20. The van der Waals surface area contributed by atoms with Crippen molar-refractivity contribution in [3.05, 3.63) is 66.2 Å². The summed E-state index contributed by atoms with van der Waals surface area (Å²) >= 11 is 0. The minimum absolute atomic E-state index is 0.179. The van der Waals surface area contributed by atoms with Gasteiger partial charge in [0.25, 0.3) is 5.91 Å². The highest BCUT2D eigenvalue weighted by Gasteiger charge is 2.39. The molecule has 2 aliphatic rings. The van der Waals surface area contributed by atoms with Gasteiger partial charge in [0.05, 0.1) is 5.69 Å². The SMILES string of the molecule is Cn1cc(-c2ccc3c(c2)CN(C2CCC(=O)NC2=O)C3=O)nc1-c1ccc2nccn2c1. The Morgan fingerprint density at radius 1 is 1.06 bits per heavy atom. The van der Waals surface area contributed by atoms with Gasteiger partial charge in [-0.2, -0.15) is 0 Å². The normalized spacial score (nSPS) is 18.2. The highest BCUT2D eigenvalue weighted by atomic mass is 16.2. The van der Waals surface area contributed by atoms with Crippen molar-refractivity contribution in [1.29, 1.82) is 0 Å². The number of nitrogens with zero attached hydrogens (tertiary/aromatic N) is 5. The maximum absolute atomic E-state index is 12.9. The molecule has 1 aromatic carbocycles. The third kappa shape index (κ3) is 3.12. The monoisotopic (exact) mass is 440 g/mol.